The monoisotopic (exact) mass is 369 g/mol. The highest BCUT2D eigenvalue weighted by molar-refractivity contribution is 6.04. The van der Waals surface area contributed by atoms with Crippen molar-refractivity contribution in [3.63, 3.8) is 0 Å². The van der Waals surface area contributed by atoms with Gasteiger partial charge in [0.25, 0.3) is 5.91 Å². The molecule has 0 bridgehead atoms. The summed E-state index contributed by atoms with van der Waals surface area (Å²) in [4.78, 5) is 31.3. The normalized spacial score (nSPS) is 18.3. The van der Waals surface area contributed by atoms with Crippen LogP contribution in [0.2, 0.25) is 0 Å². The number of benzene rings is 1. The van der Waals surface area contributed by atoms with Gasteiger partial charge in [-0.15, -0.1) is 0 Å². The Balaban J connectivity index is 2.00. The number of carbonyl (C=O) groups is 2. The second-order valence-electron chi connectivity index (χ2n) is 6.51. The minimum absolute atomic E-state index is 0.223. The molecule has 0 radical (unpaired) electrons. The van der Waals surface area contributed by atoms with Crippen molar-refractivity contribution in [3.8, 4) is 5.75 Å². The Morgan fingerprint density at radius 1 is 1.26 bits per heavy atom. The first kappa shape index (κ1) is 18.7. The third-order valence-electron chi connectivity index (χ3n) is 4.52. The molecule has 1 amide bonds. The van der Waals surface area contributed by atoms with E-state index in [1.54, 1.807) is 31.2 Å². The summed E-state index contributed by atoms with van der Waals surface area (Å²) in [6.07, 6.45) is -0.429. The van der Waals surface area contributed by atoms with Crippen LogP contribution >= 0.6 is 0 Å². The number of hydrogen-bond acceptors (Lipinski definition) is 6. The number of rotatable bonds is 5. The number of nitrogen functional groups attached to an aromatic ring is 1. The van der Waals surface area contributed by atoms with Crippen molar-refractivity contribution in [3.05, 3.63) is 48.0 Å². The molecule has 0 fully saturated rings. The van der Waals surface area contributed by atoms with Gasteiger partial charge in [-0.05, 0) is 32.4 Å². The Morgan fingerprint density at radius 3 is 2.63 bits per heavy atom. The largest absolute Gasteiger partial charge is 0.472 e. The highest BCUT2D eigenvalue weighted by Crippen LogP contribution is 2.39. The van der Waals surface area contributed by atoms with Gasteiger partial charge in [0.05, 0.1) is 6.10 Å². The first-order valence-electron chi connectivity index (χ1n) is 8.94. The van der Waals surface area contributed by atoms with Gasteiger partial charge in [-0.2, -0.15) is 0 Å². The molecule has 1 aromatic heterocycles. The Hall–Kier alpha value is -3.09. The SMILES string of the molecule is CCC(C)OC(=O)C(C)N1C(=O)C(c2ccccc2)Oc2ccc(N)nc21. The molecular weight excluding hydrogens is 346 g/mol. The van der Waals surface area contributed by atoms with E-state index in [9.17, 15) is 9.59 Å². The fourth-order valence-corrected chi connectivity index (χ4v) is 2.82. The number of nitrogens with zero attached hydrogens (tertiary/aromatic N) is 2. The zero-order chi connectivity index (χ0) is 19.6. The molecule has 7 heteroatoms. The van der Waals surface area contributed by atoms with Crippen LogP contribution in [0.25, 0.3) is 0 Å². The van der Waals surface area contributed by atoms with Crippen molar-refractivity contribution < 1.29 is 19.1 Å². The van der Waals surface area contributed by atoms with Crippen LogP contribution in [0.3, 0.4) is 0 Å². The van der Waals surface area contributed by atoms with Crippen molar-refractivity contribution in [1.82, 2.24) is 4.98 Å². The lowest BCUT2D eigenvalue weighted by Gasteiger charge is -2.36. The van der Waals surface area contributed by atoms with E-state index < -0.39 is 18.1 Å². The maximum absolute atomic E-state index is 13.2. The number of amides is 1. The molecule has 3 atom stereocenters. The molecule has 2 heterocycles. The van der Waals surface area contributed by atoms with E-state index in [4.69, 9.17) is 15.2 Å². The smallest absolute Gasteiger partial charge is 0.329 e. The predicted molar refractivity (Wildman–Crippen MR) is 101 cm³/mol. The first-order chi connectivity index (χ1) is 12.9. The van der Waals surface area contributed by atoms with Gasteiger partial charge in [0.1, 0.15) is 11.9 Å². The number of hydrogen-bond donors (Lipinski definition) is 1. The number of pyridine rings is 1. The van der Waals surface area contributed by atoms with E-state index in [1.807, 2.05) is 32.0 Å². The molecule has 3 rings (SSSR count). The molecule has 3 unspecified atom stereocenters. The van der Waals surface area contributed by atoms with Gasteiger partial charge in [0, 0.05) is 5.56 Å². The molecule has 0 saturated heterocycles. The fourth-order valence-electron chi connectivity index (χ4n) is 2.82. The van der Waals surface area contributed by atoms with Crippen LogP contribution in [-0.2, 0) is 14.3 Å². The molecule has 2 N–H and O–H groups in total. The molecule has 7 nitrogen and oxygen atoms in total. The lowest BCUT2D eigenvalue weighted by molar-refractivity contribution is -0.151. The molecule has 0 spiro atoms. The molecular formula is C20H23N3O4. The summed E-state index contributed by atoms with van der Waals surface area (Å²) in [6, 6.07) is 11.5. The first-order valence-corrected chi connectivity index (χ1v) is 8.94. The van der Waals surface area contributed by atoms with Gasteiger partial charge in [-0.1, -0.05) is 37.3 Å². The van der Waals surface area contributed by atoms with Gasteiger partial charge >= 0.3 is 5.97 Å². The highest BCUT2D eigenvalue weighted by Gasteiger charge is 2.41. The van der Waals surface area contributed by atoms with Crippen LogP contribution in [-0.4, -0.2) is 29.0 Å². The van der Waals surface area contributed by atoms with E-state index in [0.29, 0.717) is 17.7 Å². The van der Waals surface area contributed by atoms with Crippen molar-refractivity contribution in [2.24, 2.45) is 0 Å². The predicted octanol–water partition coefficient (Wildman–Crippen LogP) is 2.86. The van der Waals surface area contributed by atoms with Crippen LogP contribution in [0.15, 0.2) is 42.5 Å². The minimum atomic E-state index is -0.872. The van der Waals surface area contributed by atoms with Gasteiger partial charge < -0.3 is 15.2 Å². The van der Waals surface area contributed by atoms with Crippen LogP contribution in [0.1, 0.15) is 38.9 Å². The minimum Gasteiger partial charge on any atom is -0.472 e. The standard InChI is InChI=1S/C20H23N3O4/c1-4-12(2)26-20(25)13(3)23-18-15(10-11-16(21)22-18)27-17(19(23)24)14-8-6-5-7-9-14/h5-13,17H,4H2,1-3H3,(H2,21,22). The summed E-state index contributed by atoms with van der Waals surface area (Å²) in [6.45, 7) is 5.35. The van der Waals surface area contributed by atoms with E-state index >= 15 is 0 Å². The van der Waals surface area contributed by atoms with Crippen molar-refractivity contribution in [2.45, 2.75) is 45.4 Å². The number of ether oxygens (including phenoxy) is 2. The number of anilines is 2. The number of esters is 1. The van der Waals surface area contributed by atoms with Gasteiger partial charge in [-0.25, -0.2) is 9.78 Å². The number of fused-ring (bicyclic) bond motifs is 1. The third kappa shape index (κ3) is 3.72. The highest BCUT2D eigenvalue weighted by atomic mass is 16.5. The Labute approximate surface area is 158 Å². The summed E-state index contributed by atoms with van der Waals surface area (Å²) in [5, 5.41) is 0. The second kappa shape index (κ2) is 7.65. The molecule has 2 aromatic rings. The van der Waals surface area contributed by atoms with Gasteiger partial charge in [0.15, 0.2) is 11.6 Å². The molecule has 27 heavy (non-hydrogen) atoms. The average molecular weight is 369 g/mol. The second-order valence-corrected chi connectivity index (χ2v) is 6.51. The molecule has 1 aliphatic heterocycles. The summed E-state index contributed by atoms with van der Waals surface area (Å²) in [7, 11) is 0. The van der Waals surface area contributed by atoms with E-state index in [-0.39, 0.29) is 23.6 Å². The number of nitrogens with two attached hydrogens (primary N) is 1. The Kier molecular flexibility index (Phi) is 5.30. The maximum Gasteiger partial charge on any atom is 0.329 e. The lowest BCUT2D eigenvalue weighted by atomic mass is 10.1. The quantitative estimate of drug-likeness (QED) is 0.815. The Bertz CT molecular complexity index is 840. The summed E-state index contributed by atoms with van der Waals surface area (Å²) in [5.74, 6) is -0.0422. The van der Waals surface area contributed by atoms with Crippen molar-refractivity contribution in [2.75, 3.05) is 10.6 Å². The number of carbonyl (C=O) groups excluding carboxylic acids is 2. The lowest BCUT2D eigenvalue weighted by Crippen LogP contribution is -2.50. The molecule has 0 aliphatic carbocycles. The Morgan fingerprint density at radius 2 is 1.96 bits per heavy atom. The molecule has 1 aromatic carbocycles. The molecule has 0 saturated carbocycles. The molecule has 142 valence electrons. The van der Waals surface area contributed by atoms with E-state index in [1.165, 1.54) is 4.90 Å². The maximum atomic E-state index is 13.2. The van der Waals surface area contributed by atoms with Crippen molar-refractivity contribution >= 4 is 23.5 Å². The zero-order valence-corrected chi connectivity index (χ0v) is 15.6. The topological polar surface area (TPSA) is 94.8 Å². The average Bonchev–Trinajstić information content (AvgIpc) is 2.67. The van der Waals surface area contributed by atoms with E-state index in [0.717, 1.165) is 0 Å². The fraction of sp³-hybridized carbons (Fsp3) is 0.350. The van der Waals surface area contributed by atoms with Crippen LogP contribution in [0.5, 0.6) is 5.75 Å². The van der Waals surface area contributed by atoms with Gasteiger partial charge in [0.2, 0.25) is 6.10 Å². The van der Waals surface area contributed by atoms with Crippen LogP contribution in [0, 0.1) is 0 Å². The van der Waals surface area contributed by atoms with Crippen molar-refractivity contribution in [1.29, 1.82) is 0 Å². The van der Waals surface area contributed by atoms with E-state index in [2.05, 4.69) is 4.98 Å². The number of aromatic nitrogens is 1. The molecule has 1 aliphatic rings. The summed E-state index contributed by atoms with van der Waals surface area (Å²) < 4.78 is 11.3. The summed E-state index contributed by atoms with van der Waals surface area (Å²) >= 11 is 0. The van der Waals surface area contributed by atoms with Crippen LogP contribution in [0.4, 0.5) is 11.6 Å². The van der Waals surface area contributed by atoms with Crippen LogP contribution < -0.4 is 15.4 Å². The van der Waals surface area contributed by atoms with Gasteiger partial charge in [-0.3, -0.25) is 9.69 Å². The summed E-state index contributed by atoms with van der Waals surface area (Å²) in [5.41, 5.74) is 6.49. The zero-order valence-electron chi connectivity index (χ0n) is 15.6. The third-order valence-corrected chi connectivity index (χ3v) is 4.52.